The third-order valence-corrected chi connectivity index (χ3v) is 4.17. The number of hydrogen-bond donors (Lipinski definition) is 1. The molecule has 0 radical (unpaired) electrons. The summed E-state index contributed by atoms with van der Waals surface area (Å²) in [6.45, 7) is 3.75. The van der Waals surface area contributed by atoms with E-state index in [4.69, 9.17) is 0 Å². The second kappa shape index (κ2) is 9.12. The van der Waals surface area contributed by atoms with Gasteiger partial charge >= 0.3 is 0 Å². The molecule has 0 saturated carbocycles. The Hall–Kier alpha value is -4.51. The predicted octanol–water partition coefficient (Wildman–Crippen LogP) is 3.66. The number of para-hydroxylation sites is 1. The van der Waals surface area contributed by atoms with Gasteiger partial charge in [0.1, 0.15) is 17.3 Å². The first-order valence-corrected chi connectivity index (χ1v) is 8.94. The highest BCUT2D eigenvalue weighted by Gasteiger charge is 2.16. The van der Waals surface area contributed by atoms with Crippen molar-refractivity contribution in [1.82, 2.24) is 15.1 Å². The number of nitrogens with one attached hydrogen (secondary N) is 1. The van der Waals surface area contributed by atoms with Gasteiger partial charge in [-0.05, 0) is 18.2 Å². The number of aromatic nitrogens is 2. The van der Waals surface area contributed by atoms with E-state index in [2.05, 4.69) is 17.0 Å². The van der Waals surface area contributed by atoms with Crippen LogP contribution < -0.4 is 5.32 Å². The first kappa shape index (κ1) is 20.2. The Bertz CT molecular complexity index is 1170. The third-order valence-electron chi connectivity index (χ3n) is 4.17. The van der Waals surface area contributed by atoms with Crippen molar-refractivity contribution in [2.75, 3.05) is 6.54 Å². The molecule has 30 heavy (non-hydrogen) atoms. The highest BCUT2D eigenvalue weighted by molar-refractivity contribution is 6.02. The summed E-state index contributed by atoms with van der Waals surface area (Å²) in [5.41, 5.74) is 1.95. The van der Waals surface area contributed by atoms with Crippen molar-refractivity contribution in [3.8, 4) is 23.0 Å². The molecule has 0 saturated heterocycles. The van der Waals surface area contributed by atoms with Crippen LogP contribution in [0.4, 0.5) is 5.69 Å². The zero-order chi connectivity index (χ0) is 21.5. The van der Waals surface area contributed by atoms with Crippen molar-refractivity contribution in [2.45, 2.75) is 0 Å². The molecule has 0 aliphatic rings. The molecule has 148 valence electrons. The van der Waals surface area contributed by atoms with Gasteiger partial charge in [-0.3, -0.25) is 14.9 Å². The van der Waals surface area contributed by atoms with Gasteiger partial charge in [0.05, 0.1) is 10.6 Å². The van der Waals surface area contributed by atoms with Crippen molar-refractivity contribution < 1.29 is 9.72 Å². The Morgan fingerprint density at radius 1 is 1.27 bits per heavy atom. The summed E-state index contributed by atoms with van der Waals surface area (Å²) < 4.78 is 1.59. The summed E-state index contributed by atoms with van der Waals surface area (Å²) >= 11 is 0. The molecule has 0 aliphatic heterocycles. The predicted molar refractivity (Wildman–Crippen MR) is 112 cm³/mol. The van der Waals surface area contributed by atoms with Crippen molar-refractivity contribution >= 4 is 17.7 Å². The normalized spacial score (nSPS) is 10.8. The first-order valence-electron chi connectivity index (χ1n) is 8.94. The van der Waals surface area contributed by atoms with Crippen LogP contribution in [0.15, 0.2) is 79.0 Å². The zero-order valence-corrected chi connectivity index (χ0v) is 15.9. The summed E-state index contributed by atoms with van der Waals surface area (Å²) in [4.78, 5) is 22.9. The molecule has 0 unspecified atom stereocenters. The first-order chi connectivity index (χ1) is 14.5. The van der Waals surface area contributed by atoms with E-state index in [-0.39, 0.29) is 17.8 Å². The largest absolute Gasteiger partial charge is 0.348 e. The quantitative estimate of drug-likeness (QED) is 0.214. The lowest BCUT2D eigenvalue weighted by Gasteiger charge is -2.02. The fourth-order valence-electron chi connectivity index (χ4n) is 2.76. The van der Waals surface area contributed by atoms with E-state index in [9.17, 15) is 20.2 Å². The molecule has 0 spiro atoms. The molecular formula is C22H17N5O3. The van der Waals surface area contributed by atoms with Crippen molar-refractivity contribution in [3.05, 3.63) is 94.7 Å². The highest BCUT2D eigenvalue weighted by atomic mass is 16.6. The van der Waals surface area contributed by atoms with E-state index >= 15 is 0 Å². The number of carbonyl (C=O) groups excluding carboxylic acids is 1. The number of nitro benzene ring substituents is 1. The fraction of sp³-hybridized carbons (Fsp3) is 0.0455. The Morgan fingerprint density at radius 2 is 2.03 bits per heavy atom. The molecule has 3 aromatic rings. The van der Waals surface area contributed by atoms with Gasteiger partial charge in [-0.25, -0.2) is 4.68 Å². The number of amides is 1. The van der Waals surface area contributed by atoms with E-state index in [1.807, 2.05) is 36.4 Å². The smallest absolute Gasteiger partial charge is 0.270 e. The van der Waals surface area contributed by atoms with Crippen molar-refractivity contribution in [2.24, 2.45) is 0 Å². The molecule has 8 heteroatoms. The number of non-ortho nitro benzene ring substituents is 1. The molecule has 1 amide bonds. The number of nitro groups is 1. The average Bonchev–Trinajstić information content (AvgIpc) is 3.20. The lowest BCUT2D eigenvalue weighted by molar-refractivity contribution is -0.384. The summed E-state index contributed by atoms with van der Waals surface area (Å²) in [5.74, 6) is -0.546. The Morgan fingerprint density at radius 3 is 2.70 bits per heavy atom. The molecule has 1 aromatic heterocycles. The topological polar surface area (TPSA) is 114 Å². The van der Waals surface area contributed by atoms with E-state index in [0.717, 1.165) is 5.69 Å². The van der Waals surface area contributed by atoms with Gasteiger partial charge in [-0.15, -0.1) is 6.58 Å². The van der Waals surface area contributed by atoms with Crippen LogP contribution in [0.1, 0.15) is 5.56 Å². The maximum Gasteiger partial charge on any atom is 0.270 e. The van der Waals surface area contributed by atoms with Crippen LogP contribution in [0.3, 0.4) is 0 Å². The molecule has 0 fully saturated rings. The minimum Gasteiger partial charge on any atom is -0.348 e. The van der Waals surface area contributed by atoms with Crippen LogP contribution in [0.25, 0.3) is 23.0 Å². The lowest BCUT2D eigenvalue weighted by Crippen LogP contribution is -2.24. The Balaban J connectivity index is 2.14. The van der Waals surface area contributed by atoms with E-state index in [1.165, 1.54) is 24.3 Å². The van der Waals surface area contributed by atoms with Gasteiger partial charge in [0.15, 0.2) is 0 Å². The average molecular weight is 399 g/mol. The van der Waals surface area contributed by atoms with E-state index < -0.39 is 10.8 Å². The number of hydrogen-bond acceptors (Lipinski definition) is 5. The summed E-state index contributed by atoms with van der Waals surface area (Å²) in [6.07, 6.45) is 4.59. The summed E-state index contributed by atoms with van der Waals surface area (Å²) in [5, 5.41) is 27.7. The monoisotopic (exact) mass is 399 g/mol. The Labute approximate surface area is 172 Å². The van der Waals surface area contributed by atoms with Crippen LogP contribution in [-0.4, -0.2) is 27.2 Å². The SMILES string of the molecule is C=CCNC(=O)C(C#N)=Cc1cn(-c2ccccc2)nc1-c1cccc([N+](=O)[O-])c1. The van der Waals surface area contributed by atoms with Gasteiger partial charge in [0.25, 0.3) is 11.6 Å². The number of rotatable bonds is 7. The fourth-order valence-corrected chi connectivity index (χ4v) is 2.76. The standard InChI is InChI=1S/C22H17N5O3/c1-2-11-24-22(28)17(14-23)12-18-15-26(19-8-4-3-5-9-19)25-21(18)16-7-6-10-20(13-16)27(29)30/h2-10,12-13,15H,1,11H2,(H,24,28). The van der Waals surface area contributed by atoms with E-state index in [1.54, 1.807) is 23.0 Å². The van der Waals surface area contributed by atoms with Gasteiger partial charge in [-0.2, -0.15) is 10.4 Å². The van der Waals surface area contributed by atoms with Gasteiger partial charge in [0.2, 0.25) is 0 Å². The van der Waals surface area contributed by atoms with Crippen LogP contribution >= 0.6 is 0 Å². The third kappa shape index (κ3) is 4.48. The van der Waals surface area contributed by atoms with Crippen LogP contribution in [0.2, 0.25) is 0 Å². The van der Waals surface area contributed by atoms with Crippen LogP contribution in [0, 0.1) is 21.4 Å². The van der Waals surface area contributed by atoms with Crippen molar-refractivity contribution in [3.63, 3.8) is 0 Å². The van der Waals surface area contributed by atoms with E-state index in [0.29, 0.717) is 16.8 Å². The molecule has 3 rings (SSSR count). The molecule has 2 aromatic carbocycles. The number of nitriles is 1. The molecule has 0 atom stereocenters. The van der Waals surface area contributed by atoms with Gasteiger partial charge in [-0.1, -0.05) is 36.4 Å². The summed E-state index contributed by atoms with van der Waals surface area (Å²) in [6, 6.07) is 17.2. The van der Waals surface area contributed by atoms with Crippen molar-refractivity contribution in [1.29, 1.82) is 5.26 Å². The highest BCUT2D eigenvalue weighted by Crippen LogP contribution is 2.28. The second-order valence-corrected chi connectivity index (χ2v) is 6.19. The van der Waals surface area contributed by atoms with Crippen LogP contribution in [-0.2, 0) is 4.79 Å². The molecule has 0 aliphatic carbocycles. The molecule has 8 nitrogen and oxygen atoms in total. The second-order valence-electron chi connectivity index (χ2n) is 6.19. The maximum atomic E-state index is 12.2. The molecule has 1 N–H and O–H groups in total. The minimum absolute atomic E-state index is 0.0825. The summed E-state index contributed by atoms with van der Waals surface area (Å²) in [7, 11) is 0. The number of carbonyl (C=O) groups is 1. The van der Waals surface area contributed by atoms with Gasteiger partial charge in [0, 0.05) is 36.0 Å². The molecule has 1 heterocycles. The molecular weight excluding hydrogens is 382 g/mol. The van der Waals surface area contributed by atoms with Crippen LogP contribution in [0.5, 0.6) is 0 Å². The zero-order valence-electron chi connectivity index (χ0n) is 15.9. The minimum atomic E-state index is -0.546. The number of nitrogens with zero attached hydrogens (tertiary/aromatic N) is 4. The molecule has 0 bridgehead atoms. The number of benzene rings is 2. The lowest BCUT2D eigenvalue weighted by atomic mass is 10.1. The van der Waals surface area contributed by atoms with Gasteiger partial charge < -0.3 is 5.32 Å². The Kier molecular flexibility index (Phi) is 6.15. The maximum absolute atomic E-state index is 12.2.